The van der Waals surface area contributed by atoms with E-state index in [-0.39, 0.29) is 24.1 Å². The molecule has 1 aliphatic heterocycles. The molecule has 0 aliphatic carbocycles. The molecular weight excluding hydrogens is 323 g/mol. The Morgan fingerprint density at radius 3 is 2.35 bits per heavy atom. The zero-order chi connectivity index (χ0) is 16.9. The van der Waals surface area contributed by atoms with Crippen LogP contribution >= 0.6 is 0 Å². The first-order valence-corrected chi connectivity index (χ1v) is 9.11. The van der Waals surface area contributed by atoms with Gasteiger partial charge >= 0.3 is 0 Å². The SMILES string of the molecule is CC(=O)N1CCN(S(=O)(=O)CCCOc2ccc(F)cc2)CC1. The molecule has 0 radical (unpaired) electrons. The molecule has 1 fully saturated rings. The highest BCUT2D eigenvalue weighted by molar-refractivity contribution is 7.89. The number of halogens is 1. The van der Waals surface area contributed by atoms with E-state index >= 15 is 0 Å². The lowest BCUT2D eigenvalue weighted by Crippen LogP contribution is -2.50. The molecule has 2 rings (SSSR count). The molecule has 128 valence electrons. The molecule has 0 aromatic heterocycles. The first-order valence-electron chi connectivity index (χ1n) is 7.50. The van der Waals surface area contributed by atoms with Crippen molar-refractivity contribution in [2.75, 3.05) is 38.5 Å². The summed E-state index contributed by atoms with van der Waals surface area (Å²) < 4.78 is 44.0. The number of hydrogen-bond acceptors (Lipinski definition) is 4. The molecule has 0 N–H and O–H groups in total. The van der Waals surface area contributed by atoms with E-state index in [1.165, 1.54) is 35.5 Å². The van der Waals surface area contributed by atoms with Crippen LogP contribution in [0, 0.1) is 5.82 Å². The van der Waals surface area contributed by atoms with Crippen LogP contribution in [0.3, 0.4) is 0 Å². The summed E-state index contributed by atoms with van der Waals surface area (Å²) >= 11 is 0. The predicted molar refractivity (Wildman–Crippen MR) is 84.1 cm³/mol. The highest BCUT2D eigenvalue weighted by Crippen LogP contribution is 2.13. The molecule has 1 amide bonds. The quantitative estimate of drug-likeness (QED) is 0.725. The molecule has 1 heterocycles. The van der Waals surface area contributed by atoms with E-state index in [1.807, 2.05) is 0 Å². The van der Waals surface area contributed by atoms with Gasteiger partial charge in [-0.2, -0.15) is 4.31 Å². The molecule has 1 aliphatic rings. The third-order valence-electron chi connectivity index (χ3n) is 3.71. The van der Waals surface area contributed by atoms with E-state index < -0.39 is 10.0 Å². The molecule has 0 atom stereocenters. The van der Waals surface area contributed by atoms with Gasteiger partial charge in [0.05, 0.1) is 12.4 Å². The van der Waals surface area contributed by atoms with E-state index in [0.29, 0.717) is 38.3 Å². The number of carbonyl (C=O) groups is 1. The molecule has 23 heavy (non-hydrogen) atoms. The smallest absolute Gasteiger partial charge is 0.219 e. The molecule has 1 aromatic rings. The van der Waals surface area contributed by atoms with Crippen molar-refractivity contribution in [2.45, 2.75) is 13.3 Å². The number of rotatable bonds is 6. The van der Waals surface area contributed by atoms with Crippen molar-refractivity contribution >= 4 is 15.9 Å². The Hall–Kier alpha value is -1.67. The summed E-state index contributed by atoms with van der Waals surface area (Å²) in [4.78, 5) is 12.9. The third kappa shape index (κ3) is 5.18. The largest absolute Gasteiger partial charge is 0.494 e. The Morgan fingerprint density at radius 1 is 1.17 bits per heavy atom. The normalized spacial score (nSPS) is 16.3. The van der Waals surface area contributed by atoms with Gasteiger partial charge in [-0.05, 0) is 30.7 Å². The maximum atomic E-state index is 12.7. The van der Waals surface area contributed by atoms with Crippen molar-refractivity contribution < 1.29 is 22.3 Å². The highest BCUT2D eigenvalue weighted by atomic mass is 32.2. The van der Waals surface area contributed by atoms with Crippen LogP contribution in [0.5, 0.6) is 5.75 Å². The van der Waals surface area contributed by atoms with Crippen LogP contribution < -0.4 is 4.74 Å². The Morgan fingerprint density at radius 2 is 1.78 bits per heavy atom. The van der Waals surface area contributed by atoms with Gasteiger partial charge < -0.3 is 9.64 Å². The maximum absolute atomic E-state index is 12.7. The molecule has 0 spiro atoms. The summed E-state index contributed by atoms with van der Waals surface area (Å²) in [7, 11) is -3.34. The molecule has 8 heteroatoms. The van der Waals surface area contributed by atoms with Gasteiger partial charge in [0.15, 0.2) is 0 Å². The van der Waals surface area contributed by atoms with Crippen LogP contribution in [0.4, 0.5) is 4.39 Å². The summed E-state index contributed by atoms with van der Waals surface area (Å²) in [5.74, 6) is 0.132. The molecule has 0 bridgehead atoms. The average Bonchev–Trinajstić information content (AvgIpc) is 2.53. The second-order valence-electron chi connectivity index (χ2n) is 5.38. The number of hydrogen-bond donors (Lipinski definition) is 0. The van der Waals surface area contributed by atoms with Crippen LogP contribution in [-0.2, 0) is 14.8 Å². The minimum atomic E-state index is -3.34. The number of nitrogens with zero attached hydrogens (tertiary/aromatic N) is 2. The Balaban J connectivity index is 1.74. The first-order chi connectivity index (χ1) is 10.9. The fraction of sp³-hybridized carbons (Fsp3) is 0.533. The zero-order valence-electron chi connectivity index (χ0n) is 13.1. The monoisotopic (exact) mass is 344 g/mol. The predicted octanol–water partition coefficient (Wildman–Crippen LogP) is 1.09. The minimum absolute atomic E-state index is 0.00569. The summed E-state index contributed by atoms with van der Waals surface area (Å²) in [6, 6.07) is 5.59. The Kier molecular flexibility index (Phi) is 5.95. The van der Waals surface area contributed by atoms with Crippen molar-refractivity contribution in [3.63, 3.8) is 0 Å². The van der Waals surface area contributed by atoms with Crippen LogP contribution in [-0.4, -0.2) is 62.1 Å². The number of carbonyl (C=O) groups excluding carboxylic acids is 1. The molecule has 0 unspecified atom stereocenters. The van der Waals surface area contributed by atoms with Gasteiger partial charge in [0.2, 0.25) is 15.9 Å². The Labute approximate surface area is 135 Å². The summed E-state index contributed by atoms with van der Waals surface area (Å²) in [5.41, 5.74) is 0. The van der Waals surface area contributed by atoms with Crippen molar-refractivity contribution in [1.82, 2.24) is 9.21 Å². The molecule has 1 saturated heterocycles. The van der Waals surface area contributed by atoms with Crippen molar-refractivity contribution in [1.29, 1.82) is 0 Å². The fourth-order valence-corrected chi connectivity index (χ4v) is 3.83. The van der Waals surface area contributed by atoms with Gasteiger partial charge in [-0.15, -0.1) is 0 Å². The molecule has 1 aromatic carbocycles. The molecule has 0 saturated carbocycles. The number of piperazine rings is 1. The van der Waals surface area contributed by atoms with Gasteiger partial charge in [0.25, 0.3) is 0 Å². The van der Waals surface area contributed by atoms with Crippen molar-refractivity contribution in [3.05, 3.63) is 30.1 Å². The number of amides is 1. The third-order valence-corrected chi connectivity index (χ3v) is 5.66. The van der Waals surface area contributed by atoms with Crippen molar-refractivity contribution in [3.8, 4) is 5.75 Å². The van der Waals surface area contributed by atoms with Gasteiger partial charge in [-0.3, -0.25) is 4.79 Å². The number of ether oxygens (including phenoxy) is 1. The van der Waals surface area contributed by atoms with Crippen LogP contribution in [0.2, 0.25) is 0 Å². The van der Waals surface area contributed by atoms with Gasteiger partial charge in [0, 0.05) is 33.1 Å². The number of sulfonamides is 1. The van der Waals surface area contributed by atoms with E-state index in [4.69, 9.17) is 4.74 Å². The number of benzene rings is 1. The lowest BCUT2D eigenvalue weighted by Gasteiger charge is -2.33. The first kappa shape index (κ1) is 17.7. The van der Waals surface area contributed by atoms with Crippen LogP contribution in [0.25, 0.3) is 0 Å². The van der Waals surface area contributed by atoms with Gasteiger partial charge in [0.1, 0.15) is 11.6 Å². The Bertz CT molecular complexity index is 625. The van der Waals surface area contributed by atoms with Crippen LogP contribution in [0.15, 0.2) is 24.3 Å². The highest BCUT2D eigenvalue weighted by Gasteiger charge is 2.27. The van der Waals surface area contributed by atoms with Crippen LogP contribution in [0.1, 0.15) is 13.3 Å². The van der Waals surface area contributed by atoms with E-state index in [0.717, 1.165) is 0 Å². The fourth-order valence-electron chi connectivity index (χ4n) is 2.37. The summed E-state index contributed by atoms with van der Waals surface area (Å²) in [5, 5.41) is 0. The van der Waals surface area contributed by atoms with Gasteiger partial charge in [-0.1, -0.05) is 0 Å². The maximum Gasteiger partial charge on any atom is 0.219 e. The van der Waals surface area contributed by atoms with Gasteiger partial charge in [-0.25, -0.2) is 12.8 Å². The standard InChI is InChI=1S/C15H21FN2O4S/c1-13(19)17-7-9-18(10-8-17)23(20,21)12-2-11-22-15-5-3-14(16)4-6-15/h3-6H,2,7-12H2,1H3. The minimum Gasteiger partial charge on any atom is -0.494 e. The summed E-state index contributed by atoms with van der Waals surface area (Å²) in [6.07, 6.45) is 0.354. The van der Waals surface area contributed by atoms with Crippen molar-refractivity contribution in [2.24, 2.45) is 0 Å². The lowest BCUT2D eigenvalue weighted by molar-refractivity contribution is -0.129. The lowest BCUT2D eigenvalue weighted by atomic mass is 10.3. The topological polar surface area (TPSA) is 66.9 Å². The van der Waals surface area contributed by atoms with E-state index in [1.54, 1.807) is 4.90 Å². The average molecular weight is 344 g/mol. The van der Waals surface area contributed by atoms with E-state index in [2.05, 4.69) is 0 Å². The molecule has 6 nitrogen and oxygen atoms in total. The second-order valence-corrected chi connectivity index (χ2v) is 7.47. The zero-order valence-corrected chi connectivity index (χ0v) is 13.9. The summed E-state index contributed by atoms with van der Waals surface area (Å²) in [6.45, 7) is 3.26. The second kappa shape index (κ2) is 7.74. The van der Waals surface area contributed by atoms with E-state index in [9.17, 15) is 17.6 Å². The molecular formula is C15H21FN2O4S.